The Hall–Kier alpha value is -2.51. The van der Waals surface area contributed by atoms with Crippen molar-refractivity contribution in [1.29, 1.82) is 0 Å². The van der Waals surface area contributed by atoms with E-state index in [-0.39, 0.29) is 30.2 Å². The lowest BCUT2D eigenvalue weighted by Crippen LogP contribution is -2.48. The maximum atomic E-state index is 13.7. The van der Waals surface area contributed by atoms with Crippen molar-refractivity contribution in [2.75, 3.05) is 19.6 Å². The number of hydrogen-bond acceptors (Lipinski definition) is 5. The average molecular weight is 391 g/mol. The number of piperazine rings is 1. The van der Waals surface area contributed by atoms with Gasteiger partial charge in [0.2, 0.25) is 0 Å². The molecule has 1 N–H and O–H groups in total. The van der Waals surface area contributed by atoms with Crippen LogP contribution in [0.1, 0.15) is 33.4 Å². The van der Waals surface area contributed by atoms with Crippen LogP contribution in [-0.4, -0.2) is 40.6 Å². The predicted molar refractivity (Wildman–Crippen MR) is 102 cm³/mol. The summed E-state index contributed by atoms with van der Waals surface area (Å²) in [6, 6.07) is 7.92. The van der Waals surface area contributed by atoms with Gasteiger partial charge in [0.15, 0.2) is 0 Å². The van der Waals surface area contributed by atoms with Gasteiger partial charge in [-0.15, -0.1) is 12.4 Å². The molecule has 1 saturated heterocycles. The number of aromatic nitrogens is 2. The molecule has 8 heteroatoms. The number of nitrogens with zero attached hydrogens (tertiary/aromatic N) is 3. The fraction of sp³-hybridized carbons (Fsp3) is 0.316. The summed E-state index contributed by atoms with van der Waals surface area (Å²) in [6.07, 6.45) is 0. The van der Waals surface area contributed by atoms with Gasteiger partial charge in [-0.1, -0.05) is 17.3 Å². The Balaban J connectivity index is 0.00000210. The molecule has 2 aromatic heterocycles. The van der Waals surface area contributed by atoms with Gasteiger partial charge in [0.25, 0.3) is 11.6 Å². The van der Waals surface area contributed by atoms with Crippen molar-refractivity contribution in [2.24, 2.45) is 0 Å². The average Bonchev–Trinajstić information content (AvgIpc) is 3.01. The van der Waals surface area contributed by atoms with E-state index in [4.69, 9.17) is 4.52 Å². The molecule has 0 spiro atoms. The van der Waals surface area contributed by atoms with Gasteiger partial charge in [-0.3, -0.25) is 4.79 Å². The zero-order chi connectivity index (χ0) is 18.3. The molecule has 0 radical (unpaired) electrons. The molecule has 6 nitrogen and oxygen atoms in total. The van der Waals surface area contributed by atoms with Gasteiger partial charge in [-0.2, -0.15) is 0 Å². The quantitative estimate of drug-likeness (QED) is 0.727. The lowest BCUT2D eigenvalue weighted by Gasteiger charge is -2.36. The van der Waals surface area contributed by atoms with E-state index in [0.717, 1.165) is 5.56 Å². The zero-order valence-corrected chi connectivity index (χ0v) is 15.8. The van der Waals surface area contributed by atoms with Gasteiger partial charge in [0.1, 0.15) is 5.82 Å². The van der Waals surface area contributed by atoms with Crippen LogP contribution in [0.2, 0.25) is 0 Å². The van der Waals surface area contributed by atoms with Crippen LogP contribution in [0, 0.1) is 19.7 Å². The van der Waals surface area contributed by atoms with Crippen LogP contribution in [0.4, 0.5) is 4.39 Å². The van der Waals surface area contributed by atoms with E-state index in [1.807, 2.05) is 13.0 Å². The maximum Gasteiger partial charge on any atom is 0.258 e. The summed E-state index contributed by atoms with van der Waals surface area (Å²) in [7, 11) is 0. The van der Waals surface area contributed by atoms with Crippen molar-refractivity contribution < 1.29 is 13.7 Å². The number of nitrogens with one attached hydrogen (secondary N) is 1. The number of rotatable bonds is 2. The number of benzene rings is 1. The van der Waals surface area contributed by atoms with Crippen LogP contribution in [0.15, 0.2) is 34.9 Å². The third kappa shape index (κ3) is 3.52. The standard InChI is InChI=1S/C19H19FN4O2.ClH/c1-11-8-15(17-12(2)23-26-18(17)22-11)19(25)24-7-6-21-10-16(24)13-4-3-5-14(20)9-13;/h3-5,8-9,16,21H,6-7,10H2,1-2H3;1H. The molecule has 0 saturated carbocycles. The molecule has 3 heterocycles. The summed E-state index contributed by atoms with van der Waals surface area (Å²) < 4.78 is 18.9. The molecular weight excluding hydrogens is 371 g/mol. The van der Waals surface area contributed by atoms with Gasteiger partial charge in [-0.05, 0) is 37.6 Å². The van der Waals surface area contributed by atoms with Crippen LogP contribution >= 0.6 is 12.4 Å². The molecule has 1 aliphatic rings. The predicted octanol–water partition coefficient (Wildman–Crippen LogP) is 3.19. The molecule has 1 atom stereocenters. The molecule has 1 amide bonds. The monoisotopic (exact) mass is 390 g/mol. The number of hydrogen-bond donors (Lipinski definition) is 1. The Bertz CT molecular complexity index is 991. The largest absolute Gasteiger partial charge is 0.336 e. The van der Waals surface area contributed by atoms with Crippen LogP contribution in [0.25, 0.3) is 11.1 Å². The van der Waals surface area contributed by atoms with Crippen molar-refractivity contribution in [3.63, 3.8) is 0 Å². The first-order valence-corrected chi connectivity index (χ1v) is 8.55. The number of fused-ring (bicyclic) bond motifs is 1. The van der Waals surface area contributed by atoms with Crippen molar-refractivity contribution >= 4 is 29.4 Å². The second-order valence-electron chi connectivity index (χ2n) is 6.53. The summed E-state index contributed by atoms with van der Waals surface area (Å²) in [5.74, 6) is -0.431. The lowest BCUT2D eigenvalue weighted by atomic mass is 10.0. The molecule has 4 rings (SSSR count). The van der Waals surface area contributed by atoms with Crippen LogP contribution < -0.4 is 5.32 Å². The van der Waals surface area contributed by atoms with E-state index < -0.39 is 0 Å². The molecule has 3 aromatic rings. The number of carbonyl (C=O) groups is 1. The number of carbonyl (C=O) groups excluding carboxylic acids is 1. The first-order chi connectivity index (χ1) is 12.5. The van der Waals surface area contributed by atoms with Crippen molar-refractivity contribution in [3.8, 4) is 0 Å². The summed E-state index contributed by atoms with van der Waals surface area (Å²) in [5.41, 5.74) is 2.98. The van der Waals surface area contributed by atoms with Crippen molar-refractivity contribution in [3.05, 3.63) is 58.7 Å². The van der Waals surface area contributed by atoms with E-state index in [2.05, 4.69) is 15.5 Å². The third-order valence-electron chi connectivity index (χ3n) is 4.71. The smallest absolute Gasteiger partial charge is 0.258 e. The zero-order valence-electron chi connectivity index (χ0n) is 15.0. The van der Waals surface area contributed by atoms with Gasteiger partial charge in [0, 0.05) is 25.3 Å². The maximum absolute atomic E-state index is 13.7. The fourth-order valence-corrected chi connectivity index (χ4v) is 3.50. The minimum Gasteiger partial charge on any atom is -0.336 e. The highest BCUT2D eigenvalue weighted by molar-refractivity contribution is 6.06. The second kappa shape index (κ2) is 7.62. The Kier molecular flexibility index (Phi) is 5.43. The van der Waals surface area contributed by atoms with Crippen LogP contribution in [0.5, 0.6) is 0 Å². The first kappa shape index (κ1) is 19.3. The molecule has 1 fully saturated rings. The van der Waals surface area contributed by atoms with Crippen LogP contribution in [0.3, 0.4) is 0 Å². The first-order valence-electron chi connectivity index (χ1n) is 8.55. The fourth-order valence-electron chi connectivity index (χ4n) is 3.50. The molecule has 0 bridgehead atoms. The number of pyridine rings is 1. The normalized spacial score (nSPS) is 17.0. The summed E-state index contributed by atoms with van der Waals surface area (Å²) in [6.45, 7) is 5.41. The summed E-state index contributed by atoms with van der Waals surface area (Å²) in [4.78, 5) is 19.5. The van der Waals surface area contributed by atoms with Crippen molar-refractivity contribution in [2.45, 2.75) is 19.9 Å². The van der Waals surface area contributed by atoms with E-state index in [1.54, 1.807) is 24.0 Å². The number of halogens is 2. The SMILES string of the molecule is Cc1cc(C(=O)N2CCNCC2c2cccc(F)c2)c2c(C)noc2n1.Cl. The molecule has 0 aliphatic carbocycles. The Morgan fingerprint density at radius 3 is 2.93 bits per heavy atom. The third-order valence-corrected chi connectivity index (χ3v) is 4.71. The molecule has 27 heavy (non-hydrogen) atoms. The van der Waals surface area contributed by atoms with Gasteiger partial charge in [0.05, 0.1) is 22.7 Å². The molecule has 1 unspecified atom stereocenters. The van der Waals surface area contributed by atoms with Gasteiger partial charge in [-0.25, -0.2) is 9.37 Å². The highest BCUT2D eigenvalue weighted by Crippen LogP contribution is 2.28. The topological polar surface area (TPSA) is 71.3 Å². The van der Waals surface area contributed by atoms with Crippen LogP contribution in [-0.2, 0) is 0 Å². The van der Waals surface area contributed by atoms with Crippen molar-refractivity contribution in [1.82, 2.24) is 20.4 Å². The second-order valence-corrected chi connectivity index (χ2v) is 6.53. The van der Waals surface area contributed by atoms with Gasteiger partial charge < -0.3 is 14.7 Å². The lowest BCUT2D eigenvalue weighted by molar-refractivity contribution is 0.0635. The van der Waals surface area contributed by atoms with E-state index in [1.165, 1.54) is 12.1 Å². The minimum atomic E-state index is -0.308. The summed E-state index contributed by atoms with van der Waals surface area (Å²) in [5, 5.41) is 7.86. The number of amides is 1. The Morgan fingerprint density at radius 1 is 1.33 bits per heavy atom. The highest BCUT2D eigenvalue weighted by atomic mass is 35.5. The van der Waals surface area contributed by atoms with E-state index in [9.17, 15) is 9.18 Å². The van der Waals surface area contributed by atoms with E-state index >= 15 is 0 Å². The van der Waals surface area contributed by atoms with Gasteiger partial charge >= 0.3 is 0 Å². The minimum absolute atomic E-state index is 0. The number of aryl methyl sites for hydroxylation is 2. The Labute approximate surface area is 162 Å². The summed E-state index contributed by atoms with van der Waals surface area (Å²) >= 11 is 0. The highest BCUT2D eigenvalue weighted by Gasteiger charge is 2.31. The van der Waals surface area contributed by atoms with E-state index in [0.29, 0.717) is 47.7 Å². The molecule has 1 aliphatic heterocycles. The Morgan fingerprint density at radius 2 is 2.15 bits per heavy atom. The molecule has 1 aromatic carbocycles. The molecular formula is C19H20ClFN4O2. The molecule has 142 valence electrons.